The first-order valence-corrected chi connectivity index (χ1v) is 7.23. The minimum Gasteiger partial charge on any atom is -0.481 e. The van der Waals surface area contributed by atoms with Crippen LogP contribution >= 0.6 is 0 Å². The standard InChI is InChI=1S/C16H19NO3/c18-14(19)12-7-4-8-13(12)17-15(20)16(9-10-16)11-5-2-1-3-6-11/h1-3,5-6,12-13H,4,7-10H2,(H,17,20)(H,18,19). The van der Waals surface area contributed by atoms with Gasteiger partial charge in [0.2, 0.25) is 5.91 Å². The van der Waals surface area contributed by atoms with Crippen LogP contribution in [0, 0.1) is 5.92 Å². The van der Waals surface area contributed by atoms with Crippen molar-refractivity contribution in [3.05, 3.63) is 35.9 Å². The quantitative estimate of drug-likeness (QED) is 0.882. The first-order valence-electron chi connectivity index (χ1n) is 7.23. The van der Waals surface area contributed by atoms with Gasteiger partial charge in [0.15, 0.2) is 0 Å². The average molecular weight is 273 g/mol. The minimum atomic E-state index is -0.794. The number of carboxylic acid groups (broad SMARTS) is 1. The van der Waals surface area contributed by atoms with Crippen LogP contribution in [0.15, 0.2) is 30.3 Å². The second kappa shape index (κ2) is 4.93. The highest BCUT2D eigenvalue weighted by Crippen LogP contribution is 2.48. The van der Waals surface area contributed by atoms with Gasteiger partial charge in [-0.05, 0) is 31.2 Å². The van der Waals surface area contributed by atoms with E-state index in [-0.39, 0.29) is 11.9 Å². The van der Waals surface area contributed by atoms with E-state index in [0.717, 1.165) is 31.2 Å². The number of carbonyl (C=O) groups is 2. The third-order valence-electron chi connectivity index (χ3n) is 4.66. The van der Waals surface area contributed by atoms with Crippen molar-refractivity contribution in [2.24, 2.45) is 5.92 Å². The van der Waals surface area contributed by atoms with Gasteiger partial charge in [0.25, 0.3) is 0 Å². The summed E-state index contributed by atoms with van der Waals surface area (Å²) >= 11 is 0. The average Bonchev–Trinajstić information content (AvgIpc) is 3.14. The Kier molecular flexibility index (Phi) is 3.24. The smallest absolute Gasteiger partial charge is 0.308 e. The molecule has 3 rings (SSSR count). The molecule has 0 bridgehead atoms. The molecule has 0 aromatic heterocycles. The van der Waals surface area contributed by atoms with E-state index in [1.807, 2.05) is 30.3 Å². The highest BCUT2D eigenvalue weighted by molar-refractivity contribution is 5.91. The van der Waals surface area contributed by atoms with Gasteiger partial charge in [-0.2, -0.15) is 0 Å². The van der Waals surface area contributed by atoms with E-state index in [0.29, 0.717) is 6.42 Å². The SMILES string of the molecule is O=C(O)C1CCCC1NC(=O)C1(c2ccccc2)CC1. The van der Waals surface area contributed by atoms with Crippen LogP contribution in [0.25, 0.3) is 0 Å². The molecule has 2 atom stereocenters. The molecule has 2 aliphatic rings. The number of hydrogen-bond acceptors (Lipinski definition) is 2. The maximum absolute atomic E-state index is 12.5. The predicted octanol–water partition coefficient (Wildman–Crippen LogP) is 2.09. The first kappa shape index (κ1) is 13.2. The van der Waals surface area contributed by atoms with E-state index in [1.54, 1.807) is 0 Å². The maximum Gasteiger partial charge on any atom is 0.308 e. The fourth-order valence-corrected chi connectivity index (χ4v) is 3.26. The van der Waals surface area contributed by atoms with E-state index >= 15 is 0 Å². The molecule has 4 heteroatoms. The van der Waals surface area contributed by atoms with E-state index in [4.69, 9.17) is 0 Å². The summed E-state index contributed by atoms with van der Waals surface area (Å²) in [5.41, 5.74) is 0.634. The number of aliphatic carboxylic acids is 1. The van der Waals surface area contributed by atoms with Crippen molar-refractivity contribution >= 4 is 11.9 Å². The summed E-state index contributed by atoms with van der Waals surface area (Å²) in [6, 6.07) is 9.58. The molecule has 2 aliphatic carbocycles. The van der Waals surface area contributed by atoms with Gasteiger partial charge in [0.1, 0.15) is 0 Å². The van der Waals surface area contributed by atoms with Crippen molar-refractivity contribution in [2.75, 3.05) is 0 Å². The Morgan fingerprint density at radius 3 is 2.45 bits per heavy atom. The Hall–Kier alpha value is -1.84. The molecule has 2 fully saturated rings. The molecule has 0 saturated heterocycles. The van der Waals surface area contributed by atoms with E-state index in [9.17, 15) is 14.7 Å². The molecule has 0 aliphatic heterocycles. The van der Waals surface area contributed by atoms with Gasteiger partial charge in [-0.3, -0.25) is 9.59 Å². The largest absolute Gasteiger partial charge is 0.481 e. The summed E-state index contributed by atoms with van der Waals surface area (Å²) in [6.07, 6.45) is 4.02. The monoisotopic (exact) mass is 273 g/mol. The molecule has 0 spiro atoms. The lowest BCUT2D eigenvalue weighted by atomic mass is 9.94. The van der Waals surface area contributed by atoms with Crippen molar-refractivity contribution < 1.29 is 14.7 Å². The molecule has 1 amide bonds. The van der Waals surface area contributed by atoms with Crippen LogP contribution < -0.4 is 5.32 Å². The molecule has 2 N–H and O–H groups in total. The summed E-state index contributed by atoms with van der Waals surface area (Å²) in [4.78, 5) is 23.7. The van der Waals surface area contributed by atoms with Crippen LogP contribution in [0.5, 0.6) is 0 Å². The molecule has 0 heterocycles. The number of carboxylic acids is 1. The lowest BCUT2D eigenvalue weighted by Gasteiger charge is -2.22. The molecule has 0 radical (unpaired) electrons. The molecule has 1 aromatic carbocycles. The van der Waals surface area contributed by atoms with E-state index < -0.39 is 17.3 Å². The van der Waals surface area contributed by atoms with Gasteiger partial charge < -0.3 is 10.4 Å². The second-order valence-corrected chi connectivity index (χ2v) is 5.90. The highest BCUT2D eigenvalue weighted by atomic mass is 16.4. The summed E-state index contributed by atoms with van der Waals surface area (Å²) in [7, 11) is 0. The Bertz CT molecular complexity index is 522. The van der Waals surface area contributed by atoms with Gasteiger partial charge in [-0.25, -0.2) is 0 Å². The molecular formula is C16H19NO3. The number of carbonyl (C=O) groups excluding carboxylic acids is 1. The molecule has 1 aromatic rings. The second-order valence-electron chi connectivity index (χ2n) is 5.90. The van der Waals surface area contributed by atoms with E-state index in [1.165, 1.54) is 0 Å². The third kappa shape index (κ3) is 2.19. The Morgan fingerprint density at radius 2 is 1.85 bits per heavy atom. The van der Waals surface area contributed by atoms with Crippen LogP contribution in [-0.2, 0) is 15.0 Å². The van der Waals surface area contributed by atoms with Gasteiger partial charge in [-0.15, -0.1) is 0 Å². The van der Waals surface area contributed by atoms with Crippen molar-refractivity contribution in [1.29, 1.82) is 0 Å². The highest BCUT2D eigenvalue weighted by Gasteiger charge is 2.52. The van der Waals surface area contributed by atoms with Crippen molar-refractivity contribution in [3.8, 4) is 0 Å². The fraction of sp³-hybridized carbons (Fsp3) is 0.500. The zero-order chi connectivity index (χ0) is 14.2. The number of benzene rings is 1. The lowest BCUT2D eigenvalue weighted by molar-refractivity contribution is -0.142. The molecule has 2 saturated carbocycles. The van der Waals surface area contributed by atoms with Crippen LogP contribution in [0.1, 0.15) is 37.7 Å². The summed E-state index contributed by atoms with van der Waals surface area (Å²) in [5, 5.41) is 12.2. The third-order valence-corrected chi connectivity index (χ3v) is 4.66. The first-order chi connectivity index (χ1) is 9.63. The Morgan fingerprint density at radius 1 is 1.15 bits per heavy atom. The zero-order valence-corrected chi connectivity index (χ0v) is 11.3. The van der Waals surface area contributed by atoms with E-state index in [2.05, 4.69) is 5.32 Å². The van der Waals surface area contributed by atoms with Crippen molar-refractivity contribution in [1.82, 2.24) is 5.32 Å². The van der Waals surface area contributed by atoms with Crippen LogP contribution in [0.3, 0.4) is 0 Å². The number of rotatable bonds is 4. The zero-order valence-electron chi connectivity index (χ0n) is 11.3. The van der Waals surface area contributed by atoms with Crippen LogP contribution in [0.2, 0.25) is 0 Å². The molecule has 20 heavy (non-hydrogen) atoms. The summed E-state index contributed by atoms with van der Waals surface area (Å²) in [6.45, 7) is 0. The molecule has 4 nitrogen and oxygen atoms in total. The van der Waals surface area contributed by atoms with Gasteiger partial charge >= 0.3 is 5.97 Å². The summed E-state index contributed by atoms with van der Waals surface area (Å²) < 4.78 is 0. The summed E-state index contributed by atoms with van der Waals surface area (Å²) in [5.74, 6) is -1.22. The van der Waals surface area contributed by atoms with Crippen molar-refractivity contribution in [2.45, 2.75) is 43.6 Å². The van der Waals surface area contributed by atoms with Crippen LogP contribution in [-0.4, -0.2) is 23.0 Å². The lowest BCUT2D eigenvalue weighted by Crippen LogP contribution is -2.45. The van der Waals surface area contributed by atoms with Gasteiger partial charge in [0.05, 0.1) is 11.3 Å². The molecule has 2 unspecified atom stereocenters. The minimum absolute atomic E-state index is 0.00171. The van der Waals surface area contributed by atoms with Crippen LogP contribution in [0.4, 0.5) is 0 Å². The number of nitrogens with one attached hydrogen (secondary N) is 1. The van der Waals surface area contributed by atoms with Crippen molar-refractivity contribution in [3.63, 3.8) is 0 Å². The van der Waals surface area contributed by atoms with Gasteiger partial charge in [0, 0.05) is 6.04 Å². The fourth-order valence-electron chi connectivity index (χ4n) is 3.26. The number of amides is 1. The Labute approximate surface area is 118 Å². The van der Waals surface area contributed by atoms with Gasteiger partial charge in [-0.1, -0.05) is 36.8 Å². The molecular weight excluding hydrogens is 254 g/mol. The maximum atomic E-state index is 12.5. The predicted molar refractivity (Wildman–Crippen MR) is 74.3 cm³/mol. The normalized spacial score (nSPS) is 27.0. The Balaban J connectivity index is 1.72. The topological polar surface area (TPSA) is 66.4 Å². The molecule has 106 valence electrons. The number of hydrogen-bond donors (Lipinski definition) is 2.